The van der Waals surface area contributed by atoms with Gasteiger partial charge in [0.2, 0.25) is 0 Å². The molecule has 1 aliphatic rings. The summed E-state index contributed by atoms with van der Waals surface area (Å²) in [6.07, 6.45) is 3.88. The van der Waals surface area contributed by atoms with Gasteiger partial charge in [-0.05, 0) is 6.42 Å². The number of hydrogen-bond donors (Lipinski definition) is 0. The highest BCUT2D eigenvalue weighted by molar-refractivity contribution is 7.93. The summed E-state index contributed by atoms with van der Waals surface area (Å²) in [6.45, 7) is 0. The van der Waals surface area contributed by atoms with E-state index in [4.69, 9.17) is 0 Å². The Morgan fingerprint density at radius 2 is 2.12 bits per heavy atom. The third-order valence-corrected chi connectivity index (χ3v) is 2.14. The first-order valence-electron chi connectivity index (χ1n) is 2.33. The maximum Gasteiger partial charge on any atom is 0.163 e. The number of rotatable bonds is 0. The van der Waals surface area contributed by atoms with E-state index in [0.717, 1.165) is 0 Å². The Bertz CT molecular complexity index is 188. The predicted octanol–water partition coefficient (Wildman–Crippen LogP) is 0.400. The van der Waals surface area contributed by atoms with E-state index in [-0.39, 0.29) is 5.75 Å². The monoisotopic (exact) mass is 130 g/mol. The van der Waals surface area contributed by atoms with Crippen LogP contribution in [-0.4, -0.2) is 14.2 Å². The molecule has 2 radical (unpaired) electrons. The molecule has 0 bridgehead atoms. The molecule has 0 fully saturated rings. The van der Waals surface area contributed by atoms with Crippen LogP contribution in [0.25, 0.3) is 0 Å². The van der Waals surface area contributed by atoms with E-state index < -0.39 is 9.84 Å². The van der Waals surface area contributed by atoms with Gasteiger partial charge >= 0.3 is 0 Å². The van der Waals surface area contributed by atoms with Crippen molar-refractivity contribution in [3.63, 3.8) is 0 Å². The van der Waals surface area contributed by atoms with Gasteiger partial charge in [0.05, 0.1) is 5.75 Å². The number of hydrogen-bond acceptors (Lipinski definition) is 2. The van der Waals surface area contributed by atoms with E-state index in [2.05, 4.69) is 5.75 Å². The first-order valence-corrected chi connectivity index (χ1v) is 3.98. The number of sulfone groups is 1. The molecule has 0 aromatic rings. The second-order valence-corrected chi connectivity index (χ2v) is 3.45. The summed E-state index contributed by atoms with van der Waals surface area (Å²) < 4.78 is 21.0. The number of allylic oxidation sites excluding steroid dienone is 1. The lowest BCUT2D eigenvalue weighted by Crippen LogP contribution is -2.06. The zero-order chi connectivity index (χ0) is 6.04. The highest BCUT2D eigenvalue weighted by Crippen LogP contribution is 2.06. The molecule has 1 heterocycles. The van der Waals surface area contributed by atoms with Crippen molar-refractivity contribution in [1.82, 2.24) is 0 Å². The van der Waals surface area contributed by atoms with Gasteiger partial charge < -0.3 is 0 Å². The molecule has 0 atom stereocenters. The predicted molar refractivity (Wildman–Crippen MR) is 30.8 cm³/mol. The zero-order valence-electron chi connectivity index (χ0n) is 4.29. The molecular weight excluding hydrogens is 124 g/mol. The lowest BCUT2D eigenvalue weighted by atomic mass is 10.4. The molecule has 0 saturated carbocycles. The highest BCUT2D eigenvalue weighted by atomic mass is 32.2. The van der Waals surface area contributed by atoms with E-state index in [9.17, 15) is 8.42 Å². The molecule has 0 spiro atoms. The van der Waals surface area contributed by atoms with Gasteiger partial charge in [-0.3, -0.25) is 0 Å². The summed E-state index contributed by atoms with van der Waals surface area (Å²) in [5, 5.41) is 0. The Balaban J connectivity index is 2.79. The van der Waals surface area contributed by atoms with Crippen LogP contribution in [0.4, 0.5) is 0 Å². The van der Waals surface area contributed by atoms with Crippen molar-refractivity contribution in [2.75, 3.05) is 5.75 Å². The minimum Gasteiger partial charge on any atom is -0.228 e. The van der Waals surface area contributed by atoms with Crippen LogP contribution < -0.4 is 0 Å². The van der Waals surface area contributed by atoms with Gasteiger partial charge in [-0.15, -0.1) is 0 Å². The van der Waals surface area contributed by atoms with Gasteiger partial charge in [-0.1, -0.05) is 12.2 Å². The molecule has 2 nitrogen and oxygen atoms in total. The maximum atomic E-state index is 10.5. The average Bonchev–Trinajstić information content (AvgIpc) is 1.65. The van der Waals surface area contributed by atoms with Gasteiger partial charge in [0.25, 0.3) is 0 Å². The SMILES string of the molecule is O=S1(=O)[C]CC=CC1. The molecule has 44 valence electrons. The van der Waals surface area contributed by atoms with Crippen LogP contribution in [0.15, 0.2) is 12.2 Å². The van der Waals surface area contributed by atoms with Crippen molar-refractivity contribution in [3.8, 4) is 0 Å². The van der Waals surface area contributed by atoms with Crippen molar-refractivity contribution in [3.05, 3.63) is 17.9 Å². The fraction of sp³-hybridized carbons (Fsp3) is 0.400. The largest absolute Gasteiger partial charge is 0.228 e. The summed E-state index contributed by atoms with van der Waals surface area (Å²) in [4.78, 5) is 0. The average molecular weight is 130 g/mol. The summed E-state index contributed by atoms with van der Waals surface area (Å²) >= 11 is 0. The van der Waals surface area contributed by atoms with E-state index in [1.165, 1.54) is 0 Å². The molecule has 3 heteroatoms. The molecule has 1 aliphatic heterocycles. The molecule has 0 unspecified atom stereocenters. The topological polar surface area (TPSA) is 34.1 Å². The molecule has 0 aromatic heterocycles. The van der Waals surface area contributed by atoms with E-state index >= 15 is 0 Å². The van der Waals surface area contributed by atoms with Crippen LogP contribution in [0.5, 0.6) is 0 Å². The van der Waals surface area contributed by atoms with Gasteiger partial charge in [-0.2, -0.15) is 0 Å². The van der Waals surface area contributed by atoms with Crippen LogP contribution in [-0.2, 0) is 9.84 Å². The van der Waals surface area contributed by atoms with Crippen LogP contribution in [0.1, 0.15) is 6.42 Å². The summed E-state index contributed by atoms with van der Waals surface area (Å²) in [6, 6.07) is 0. The summed E-state index contributed by atoms with van der Waals surface area (Å²) in [5.41, 5.74) is 0. The van der Waals surface area contributed by atoms with Gasteiger partial charge in [-0.25, -0.2) is 8.42 Å². The Morgan fingerprint density at radius 1 is 1.38 bits per heavy atom. The fourth-order valence-corrected chi connectivity index (χ4v) is 1.37. The standard InChI is InChI=1S/C5H6O2S/c6-8(7)4-2-1-3-5-8/h1-2H,3-4H2. The Morgan fingerprint density at radius 3 is 2.38 bits per heavy atom. The fourth-order valence-electron chi connectivity index (χ4n) is 0.512. The molecule has 0 aromatic carbocycles. The quantitative estimate of drug-likeness (QED) is 0.445. The summed E-state index contributed by atoms with van der Waals surface area (Å²) in [5.74, 6) is 2.48. The molecule has 0 N–H and O–H groups in total. The zero-order valence-corrected chi connectivity index (χ0v) is 5.11. The second-order valence-electron chi connectivity index (χ2n) is 1.60. The van der Waals surface area contributed by atoms with Crippen molar-refractivity contribution in [2.45, 2.75) is 6.42 Å². The van der Waals surface area contributed by atoms with Crippen molar-refractivity contribution in [1.29, 1.82) is 0 Å². The van der Waals surface area contributed by atoms with Crippen LogP contribution in [0.3, 0.4) is 0 Å². The normalized spacial score (nSPS) is 25.5. The first-order chi connectivity index (χ1) is 3.71. The van der Waals surface area contributed by atoms with Gasteiger partial charge in [0, 0.05) is 0 Å². The summed E-state index contributed by atoms with van der Waals surface area (Å²) in [7, 11) is -2.92. The Hall–Kier alpha value is -0.310. The van der Waals surface area contributed by atoms with Crippen LogP contribution in [0, 0.1) is 5.75 Å². The Kier molecular flexibility index (Phi) is 1.38. The molecular formula is C5H6O2S. The van der Waals surface area contributed by atoms with E-state index in [1.807, 2.05) is 0 Å². The van der Waals surface area contributed by atoms with Crippen LogP contribution >= 0.6 is 0 Å². The van der Waals surface area contributed by atoms with Crippen molar-refractivity contribution < 1.29 is 8.42 Å². The third kappa shape index (κ3) is 1.33. The lowest BCUT2D eigenvalue weighted by Gasteiger charge is -2.00. The first kappa shape index (κ1) is 5.82. The smallest absolute Gasteiger partial charge is 0.163 e. The maximum absolute atomic E-state index is 10.5. The van der Waals surface area contributed by atoms with Crippen molar-refractivity contribution in [2.24, 2.45) is 0 Å². The van der Waals surface area contributed by atoms with Gasteiger partial charge in [0.15, 0.2) is 9.84 Å². The van der Waals surface area contributed by atoms with Crippen LogP contribution in [0.2, 0.25) is 0 Å². The molecule has 8 heavy (non-hydrogen) atoms. The highest BCUT2D eigenvalue weighted by Gasteiger charge is 2.11. The molecule has 0 aliphatic carbocycles. The van der Waals surface area contributed by atoms with Gasteiger partial charge in [0.1, 0.15) is 5.75 Å². The molecule has 0 saturated heterocycles. The Labute approximate surface area is 49.1 Å². The minimum absolute atomic E-state index is 0.132. The minimum atomic E-state index is -2.92. The lowest BCUT2D eigenvalue weighted by molar-refractivity contribution is 0.602. The molecule has 1 rings (SSSR count). The second kappa shape index (κ2) is 1.90. The van der Waals surface area contributed by atoms with E-state index in [0.29, 0.717) is 6.42 Å². The third-order valence-electron chi connectivity index (χ3n) is 0.903. The van der Waals surface area contributed by atoms with E-state index in [1.54, 1.807) is 12.2 Å². The molecule has 0 amide bonds. The van der Waals surface area contributed by atoms with Crippen molar-refractivity contribution >= 4 is 9.84 Å².